The Bertz CT molecular complexity index is 486. The maximum absolute atomic E-state index is 6.37. The largest absolute Gasteiger partial charge is 0.487 e. The van der Waals surface area contributed by atoms with Crippen LogP contribution in [0.4, 0.5) is 0 Å². The van der Waals surface area contributed by atoms with Crippen molar-refractivity contribution in [3.05, 3.63) is 28.2 Å². The Morgan fingerprint density at radius 2 is 2.20 bits per heavy atom. The average molecular weight is 338 g/mol. The first-order valence-electron chi connectivity index (χ1n) is 7.81. The molecule has 0 radical (unpaired) electrons. The lowest BCUT2D eigenvalue weighted by Gasteiger charge is -2.40. The Kier molecular flexibility index (Phi) is 4.09. The summed E-state index contributed by atoms with van der Waals surface area (Å²) in [6, 6.07) is 6.82. The number of ether oxygens (including phenoxy) is 1. The van der Waals surface area contributed by atoms with Gasteiger partial charge in [-0.15, -0.1) is 0 Å². The van der Waals surface area contributed by atoms with Crippen LogP contribution in [-0.4, -0.2) is 12.1 Å². The summed E-state index contributed by atoms with van der Waals surface area (Å²) >= 11 is 3.58. The molecule has 0 saturated heterocycles. The van der Waals surface area contributed by atoms with E-state index in [2.05, 4.69) is 53.3 Å². The number of halogens is 1. The third-order valence-corrected chi connectivity index (χ3v) is 4.89. The van der Waals surface area contributed by atoms with Gasteiger partial charge >= 0.3 is 0 Å². The van der Waals surface area contributed by atoms with Crippen LogP contribution < -0.4 is 10.1 Å². The first-order valence-corrected chi connectivity index (χ1v) is 8.61. The molecule has 0 spiro atoms. The van der Waals surface area contributed by atoms with Crippen molar-refractivity contribution in [2.45, 2.75) is 57.6 Å². The molecular weight excluding hydrogens is 314 g/mol. The maximum Gasteiger partial charge on any atom is 0.124 e. The minimum Gasteiger partial charge on any atom is -0.487 e. The van der Waals surface area contributed by atoms with Crippen LogP contribution in [0.25, 0.3) is 0 Å². The van der Waals surface area contributed by atoms with Gasteiger partial charge in [-0.05, 0) is 50.4 Å². The molecule has 1 aliphatic heterocycles. The summed E-state index contributed by atoms with van der Waals surface area (Å²) in [4.78, 5) is 0. The molecule has 1 saturated carbocycles. The fourth-order valence-electron chi connectivity index (χ4n) is 3.29. The molecule has 1 aliphatic carbocycles. The topological polar surface area (TPSA) is 21.3 Å². The van der Waals surface area contributed by atoms with E-state index in [1.807, 2.05) is 0 Å². The van der Waals surface area contributed by atoms with Gasteiger partial charge < -0.3 is 10.1 Å². The third-order valence-electron chi connectivity index (χ3n) is 4.40. The van der Waals surface area contributed by atoms with E-state index < -0.39 is 0 Å². The molecule has 0 aromatic heterocycles. The molecule has 2 nitrogen and oxygen atoms in total. The molecular formula is C17H24BrNO. The fraction of sp³-hybridized carbons (Fsp3) is 0.647. The average Bonchev–Trinajstić information content (AvgIpc) is 3.20. The minimum atomic E-state index is -0.00654. The highest BCUT2D eigenvalue weighted by atomic mass is 79.9. The fourth-order valence-corrected chi connectivity index (χ4v) is 3.67. The second-order valence-corrected chi connectivity index (χ2v) is 7.51. The zero-order valence-corrected chi connectivity index (χ0v) is 14.0. The van der Waals surface area contributed by atoms with Gasteiger partial charge in [-0.1, -0.05) is 35.7 Å². The van der Waals surface area contributed by atoms with Crippen molar-refractivity contribution < 1.29 is 4.74 Å². The number of hydrogen-bond donors (Lipinski definition) is 1. The highest BCUT2D eigenvalue weighted by Gasteiger charge is 2.41. The monoisotopic (exact) mass is 337 g/mol. The lowest BCUT2D eigenvalue weighted by molar-refractivity contribution is 0.0345. The van der Waals surface area contributed by atoms with Crippen molar-refractivity contribution in [1.29, 1.82) is 0 Å². The van der Waals surface area contributed by atoms with Gasteiger partial charge in [-0.3, -0.25) is 0 Å². The van der Waals surface area contributed by atoms with E-state index in [0.29, 0.717) is 6.04 Å². The number of rotatable bonds is 5. The smallest absolute Gasteiger partial charge is 0.124 e. The molecule has 2 unspecified atom stereocenters. The minimum absolute atomic E-state index is 0.00654. The van der Waals surface area contributed by atoms with E-state index in [0.717, 1.165) is 29.1 Å². The van der Waals surface area contributed by atoms with Gasteiger partial charge in [-0.25, -0.2) is 0 Å². The summed E-state index contributed by atoms with van der Waals surface area (Å²) in [7, 11) is 0. The normalized spacial score (nSPS) is 28.9. The Labute approximate surface area is 130 Å². The summed E-state index contributed by atoms with van der Waals surface area (Å²) < 4.78 is 7.51. The van der Waals surface area contributed by atoms with E-state index in [1.54, 1.807) is 0 Å². The second kappa shape index (κ2) is 5.69. The van der Waals surface area contributed by atoms with Crippen molar-refractivity contribution in [3.8, 4) is 5.75 Å². The van der Waals surface area contributed by atoms with Crippen molar-refractivity contribution in [1.82, 2.24) is 5.32 Å². The molecule has 1 fully saturated rings. The van der Waals surface area contributed by atoms with E-state index in [1.165, 1.54) is 31.2 Å². The van der Waals surface area contributed by atoms with Crippen molar-refractivity contribution in [2.75, 3.05) is 6.54 Å². The van der Waals surface area contributed by atoms with Crippen LogP contribution in [0.5, 0.6) is 5.75 Å². The molecule has 1 heterocycles. The molecule has 2 aliphatic rings. The van der Waals surface area contributed by atoms with Gasteiger partial charge in [0.05, 0.1) is 0 Å². The lowest BCUT2D eigenvalue weighted by atomic mass is 9.85. The van der Waals surface area contributed by atoms with Gasteiger partial charge in [0.25, 0.3) is 0 Å². The molecule has 110 valence electrons. The van der Waals surface area contributed by atoms with Gasteiger partial charge in [0.2, 0.25) is 0 Å². The summed E-state index contributed by atoms with van der Waals surface area (Å²) in [6.45, 7) is 5.57. The van der Waals surface area contributed by atoms with E-state index >= 15 is 0 Å². The van der Waals surface area contributed by atoms with E-state index in [9.17, 15) is 0 Å². The molecule has 0 amide bonds. The number of fused-ring (bicyclic) bond motifs is 1. The summed E-state index contributed by atoms with van der Waals surface area (Å²) in [5, 5.41) is 3.70. The third kappa shape index (κ3) is 3.20. The molecule has 1 aromatic carbocycles. The summed E-state index contributed by atoms with van der Waals surface area (Å²) in [5.41, 5.74) is 1.30. The van der Waals surface area contributed by atoms with E-state index in [4.69, 9.17) is 4.74 Å². The van der Waals surface area contributed by atoms with Crippen LogP contribution in [0.15, 0.2) is 22.7 Å². The van der Waals surface area contributed by atoms with Crippen LogP contribution in [-0.2, 0) is 0 Å². The summed E-state index contributed by atoms with van der Waals surface area (Å²) in [6.07, 6.45) is 6.22. The number of hydrogen-bond acceptors (Lipinski definition) is 2. The molecule has 1 aromatic rings. The molecule has 3 rings (SSSR count). The van der Waals surface area contributed by atoms with Crippen LogP contribution in [0, 0.1) is 5.92 Å². The van der Waals surface area contributed by atoms with Crippen LogP contribution in [0.2, 0.25) is 0 Å². The van der Waals surface area contributed by atoms with Gasteiger partial charge in [-0.2, -0.15) is 0 Å². The zero-order chi connectivity index (χ0) is 14.2. The molecule has 20 heavy (non-hydrogen) atoms. The zero-order valence-electron chi connectivity index (χ0n) is 12.4. The quantitative estimate of drug-likeness (QED) is 0.830. The molecule has 2 atom stereocenters. The molecule has 0 bridgehead atoms. The van der Waals surface area contributed by atoms with Crippen molar-refractivity contribution in [3.63, 3.8) is 0 Å². The van der Waals surface area contributed by atoms with Gasteiger partial charge in [0.1, 0.15) is 11.4 Å². The summed E-state index contributed by atoms with van der Waals surface area (Å²) in [5.74, 6) is 1.96. The second-order valence-electron chi connectivity index (χ2n) is 6.59. The highest BCUT2D eigenvalue weighted by molar-refractivity contribution is 9.10. The number of benzene rings is 1. The van der Waals surface area contributed by atoms with Crippen LogP contribution in [0.3, 0.4) is 0 Å². The first-order chi connectivity index (χ1) is 9.59. The van der Waals surface area contributed by atoms with Crippen molar-refractivity contribution >= 4 is 15.9 Å². The first kappa shape index (κ1) is 14.4. The Morgan fingerprint density at radius 3 is 2.90 bits per heavy atom. The predicted octanol–water partition coefficient (Wildman–Crippen LogP) is 4.83. The van der Waals surface area contributed by atoms with Crippen LogP contribution >= 0.6 is 15.9 Å². The standard InChI is InChI=1S/C17H24BrNO/c1-3-8-19-15-11-17(2,10-12-4-5-12)20-16-7-6-13(18)9-14(15)16/h6-7,9,12,15,19H,3-5,8,10-11H2,1-2H3. The van der Waals surface area contributed by atoms with E-state index in [-0.39, 0.29) is 5.60 Å². The highest BCUT2D eigenvalue weighted by Crippen LogP contribution is 2.46. The molecule has 3 heteroatoms. The predicted molar refractivity (Wildman–Crippen MR) is 86.2 cm³/mol. The number of nitrogens with one attached hydrogen (secondary N) is 1. The lowest BCUT2D eigenvalue weighted by Crippen LogP contribution is -2.42. The Hall–Kier alpha value is -0.540. The van der Waals surface area contributed by atoms with Gasteiger partial charge in [0, 0.05) is 22.5 Å². The SMILES string of the molecule is CCCNC1CC(C)(CC2CC2)Oc2ccc(Br)cc21. The van der Waals surface area contributed by atoms with Gasteiger partial charge in [0.15, 0.2) is 0 Å². The van der Waals surface area contributed by atoms with Crippen molar-refractivity contribution in [2.24, 2.45) is 5.92 Å². The Balaban J connectivity index is 1.85. The Morgan fingerprint density at radius 1 is 1.40 bits per heavy atom. The maximum atomic E-state index is 6.37. The van der Waals surface area contributed by atoms with Crippen LogP contribution in [0.1, 0.15) is 57.6 Å². The molecule has 1 N–H and O–H groups in total.